The Morgan fingerprint density at radius 3 is 3.07 bits per heavy atom. The lowest BCUT2D eigenvalue weighted by molar-refractivity contribution is 0.104. The molecule has 0 radical (unpaired) electrons. The summed E-state index contributed by atoms with van der Waals surface area (Å²) >= 11 is 0. The molecule has 0 atom stereocenters. The second-order valence-electron chi connectivity index (χ2n) is 3.80. The number of aliphatic hydroxyl groups is 1. The molecule has 0 spiro atoms. The van der Waals surface area contributed by atoms with Gasteiger partial charge in [-0.25, -0.2) is 4.68 Å². The molecule has 0 bridgehead atoms. The zero-order chi connectivity index (χ0) is 9.97. The number of nitrogens with zero attached hydrogens (tertiary/aromatic N) is 3. The Labute approximate surface area is 82.7 Å². The van der Waals surface area contributed by atoms with Crippen LogP contribution in [0.5, 0.6) is 0 Å². The number of rotatable bonds is 4. The van der Waals surface area contributed by atoms with Crippen molar-refractivity contribution >= 4 is 0 Å². The predicted molar refractivity (Wildman–Crippen MR) is 49.6 cm³/mol. The van der Waals surface area contributed by atoms with Crippen LogP contribution in [0.25, 0.3) is 0 Å². The van der Waals surface area contributed by atoms with Crippen molar-refractivity contribution < 1.29 is 9.84 Å². The first kappa shape index (κ1) is 9.61. The van der Waals surface area contributed by atoms with E-state index in [-0.39, 0.29) is 6.61 Å². The van der Waals surface area contributed by atoms with Gasteiger partial charge in [-0.15, -0.1) is 5.10 Å². The van der Waals surface area contributed by atoms with Crippen molar-refractivity contribution in [3.05, 3.63) is 11.9 Å². The van der Waals surface area contributed by atoms with Crippen LogP contribution in [0.3, 0.4) is 0 Å². The summed E-state index contributed by atoms with van der Waals surface area (Å²) in [5, 5.41) is 16.9. The molecular formula is C9H15N3O2. The molecule has 78 valence electrons. The smallest absolute Gasteiger partial charge is 0.108 e. The summed E-state index contributed by atoms with van der Waals surface area (Å²) in [6.45, 7) is 0.798. The molecule has 1 aliphatic carbocycles. The molecule has 1 saturated carbocycles. The quantitative estimate of drug-likeness (QED) is 0.757. The van der Waals surface area contributed by atoms with E-state index in [0.29, 0.717) is 18.6 Å². The van der Waals surface area contributed by atoms with Crippen molar-refractivity contribution in [3.8, 4) is 0 Å². The van der Waals surface area contributed by atoms with E-state index >= 15 is 0 Å². The molecule has 0 saturated heterocycles. The molecule has 1 heterocycles. The van der Waals surface area contributed by atoms with Crippen LogP contribution in [0.1, 0.15) is 24.6 Å². The molecule has 1 fully saturated rings. The van der Waals surface area contributed by atoms with Crippen LogP contribution in [0, 0.1) is 5.92 Å². The summed E-state index contributed by atoms with van der Waals surface area (Å²) in [4.78, 5) is 0. The Morgan fingerprint density at radius 2 is 2.43 bits per heavy atom. The molecule has 1 N–H and O–H groups in total. The molecule has 0 aromatic carbocycles. The van der Waals surface area contributed by atoms with E-state index in [9.17, 15) is 0 Å². The van der Waals surface area contributed by atoms with Crippen molar-refractivity contribution in [2.24, 2.45) is 5.92 Å². The molecule has 1 aliphatic rings. The third kappa shape index (κ3) is 1.78. The molecular weight excluding hydrogens is 182 g/mol. The normalized spacial score (nSPS) is 26.1. The Balaban J connectivity index is 1.91. The number of aromatic nitrogens is 3. The van der Waals surface area contributed by atoms with Gasteiger partial charge in [0.15, 0.2) is 0 Å². The highest BCUT2D eigenvalue weighted by Crippen LogP contribution is 2.36. The van der Waals surface area contributed by atoms with E-state index in [1.165, 1.54) is 0 Å². The summed E-state index contributed by atoms with van der Waals surface area (Å²) < 4.78 is 6.83. The Kier molecular flexibility index (Phi) is 2.79. The van der Waals surface area contributed by atoms with Gasteiger partial charge in [-0.1, -0.05) is 5.21 Å². The van der Waals surface area contributed by atoms with Crippen LogP contribution in [0.15, 0.2) is 6.20 Å². The zero-order valence-electron chi connectivity index (χ0n) is 8.26. The summed E-state index contributed by atoms with van der Waals surface area (Å²) in [5.74, 6) is 0.454. The molecule has 5 heteroatoms. The first-order valence-electron chi connectivity index (χ1n) is 4.84. The standard InChI is InChI=1S/C9H15N3O2/c1-14-6-8-4-12(11-10-8)9-2-7(3-9)5-13/h4,7,9,13H,2-3,5-6H2,1H3. The SMILES string of the molecule is COCc1cn(C2CC(CO)C2)nn1. The van der Waals surface area contributed by atoms with E-state index in [1.54, 1.807) is 7.11 Å². The fraction of sp³-hybridized carbons (Fsp3) is 0.778. The third-order valence-corrected chi connectivity index (χ3v) is 2.69. The maximum atomic E-state index is 8.87. The van der Waals surface area contributed by atoms with Gasteiger partial charge in [0.1, 0.15) is 5.69 Å². The highest BCUT2D eigenvalue weighted by molar-refractivity contribution is 4.94. The number of methoxy groups -OCH3 is 1. The van der Waals surface area contributed by atoms with Crippen molar-refractivity contribution in [2.45, 2.75) is 25.5 Å². The molecule has 1 aromatic rings. The maximum absolute atomic E-state index is 8.87. The summed E-state index contributed by atoms with van der Waals surface area (Å²) in [6, 6.07) is 0.422. The van der Waals surface area contributed by atoms with Gasteiger partial charge in [-0.05, 0) is 18.8 Å². The maximum Gasteiger partial charge on any atom is 0.108 e. The molecule has 0 aliphatic heterocycles. The highest BCUT2D eigenvalue weighted by atomic mass is 16.5. The summed E-state index contributed by atoms with van der Waals surface area (Å²) in [7, 11) is 1.64. The molecule has 5 nitrogen and oxygen atoms in total. The van der Waals surface area contributed by atoms with Crippen LogP contribution in [-0.2, 0) is 11.3 Å². The van der Waals surface area contributed by atoms with Crippen molar-refractivity contribution in [1.29, 1.82) is 0 Å². The fourth-order valence-electron chi connectivity index (χ4n) is 1.77. The number of hydrogen-bond donors (Lipinski definition) is 1. The Hall–Kier alpha value is -0.940. The monoisotopic (exact) mass is 197 g/mol. The fourth-order valence-corrected chi connectivity index (χ4v) is 1.77. The number of ether oxygens (including phenoxy) is 1. The molecule has 0 amide bonds. The minimum Gasteiger partial charge on any atom is -0.396 e. The van der Waals surface area contributed by atoms with Gasteiger partial charge in [-0.2, -0.15) is 0 Å². The van der Waals surface area contributed by atoms with E-state index in [2.05, 4.69) is 10.3 Å². The second kappa shape index (κ2) is 4.06. The van der Waals surface area contributed by atoms with E-state index in [0.717, 1.165) is 18.5 Å². The first-order valence-corrected chi connectivity index (χ1v) is 4.84. The minimum absolute atomic E-state index is 0.288. The molecule has 0 unspecified atom stereocenters. The average molecular weight is 197 g/mol. The largest absolute Gasteiger partial charge is 0.396 e. The van der Waals surface area contributed by atoms with Gasteiger partial charge in [0, 0.05) is 13.7 Å². The third-order valence-electron chi connectivity index (χ3n) is 2.69. The predicted octanol–water partition coefficient (Wildman–Crippen LogP) is 0.368. The van der Waals surface area contributed by atoms with Crippen LogP contribution >= 0.6 is 0 Å². The highest BCUT2D eigenvalue weighted by Gasteiger charge is 2.30. The van der Waals surface area contributed by atoms with Crippen molar-refractivity contribution in [2.75, 3.05) is 13.7 Å². The van der Waals surface area contributed by atoms with Gasteiger partial charge in [0.25, 0.3) is 0 Å². The van der Waals surface area contributed by atoms with Crippen LogP contribution in [0.4, 0.5) is 0 Å². The average Bonchev–Trinajstić information content (AvgIpc) is 2.52. The van der Waals surface area contributed by atoms with Crippen LogP contribution in [0.2, 0.25) is 0 Å². The van der Waals surface area contributed by atoms with Crippen molar-refractivity contribution in [3.63, 3.8) is 0 Å². The Morgan fingerprint density at radius 1 is 1.64 bits per heavy atom. The summed E-state index contributed by atoms with van der Waals surface area (Å²) in [5.41, 5.74) is 0.861. The zero-order valence-corrected chi connectivity index (χ0v) is 8.26. The minimum atomic E-state index is 0.288. The van der Waals surface area contributed by atoms with Gasteiger partial charge in [-0.3, -0.25) is 0 Å². The van der Waals surface area contributed by atoms with E-state index < -0.39 is 0 Å². The number of aliphatic hydroxyl groups excluding tert-OH is 1. The van der Waals surface area contributed by atoms with Gasteiger partial charge in [0.2, 0.25) is 0 Å². The van der Waals surface area contributed by atoms with Crippen LogP contribution < -0.4 is 0 Å². The first-order chi connectivity index (χ1) is 6.83. The molecule has 2 rings (SSSR count). The summed E-state index contributed by atoms with van der Waals surface area (Å²) in [6.07, 6.45) is 3.93. The molecule has 1 aromatic heterocycles. The van der Waals surface area contributed by atoms with Gasteiger partial charge in [0.05, 0.1) is 18.8 Å². The lowest BCUT2D eigenvalue weighted by atomic mass is 9.81. The lowest BCUT2D eigenvalue weighted by Crippen LogP contribution is -2.29. The van der Waals surface area contributed by atoms with Crippen LogP contribution in [-0.4, -0.2) is 33.8 Å². The number of hydrogen-bond acceptors (Lipinski definition) is 4. The second-order valence-corrected chi connectivity index (χ2v) is 3.80. The van der Waals surface area contributed by atoms with Crippen molar-refractivity contribution in [1.82, 2.24) is 15.0 Å². The van der Waals surface area contributed by atoms with E-state index in [1.807, 2.05) is 10.9 Å². The topological polar surface area (TPSA) is 60.2 Å². The van der Waals surface area contributed by atoms with E-state index in [4.69, 9.17) is 9.84 Å². The van der Waals surface area contributed by atoms with Gasteiger partial charge >= 0.3 is 0 Å². The molecule has 14 heavy (non-hydrogen) atoms. The van der Waals surface area contributed by atoms with Gasteiger partial charge < -0.3 is 9.84 Å². The Bertz CT molecular complexity index is 294. The lowest BCUT2D eigenvalue weighted by Gasteiger charge is -2.33.